The molecule has 0 fully saturated rings. The molecule has 0 radical (unpaired) electrons. The maximum atomic E-state index is 14.0. The van der Waals surface area contributed by atoms with E-state index in [9.17, 15) is 31.4 Å². The van der Waals surface area contributed by atoms with Crippen LogP contribution in [0.25, 0.3) is 0 Å². The first-order chi connectivity index (χ1) is 14.1. The molecule has 0 aliphatic rings. The first kappa shape index (κ1) is 21.5. The first-order valence-corrected chi connectivity index (χ1v) is 8.76. The minimum absolute atomic E-state index is 0.113. The molecule has 0 aliphatic carbocycles. The van der Waals surface area contributed by atoms with E-state index in [0.717, 1.165) is 42.0 Å². The molecule has 158 valence electrons. The van der Waals surface area contributed by atoms with Crippen LogP contribution in [-0.2, 0) is 12.0 Å². The molecule has 0 bridgehead atoms. The topological polar surface area (TPSA) is 29.5 Å². The van der Waals surface area contributed by atoms with E-state index in [1.165, 1.54) is 0 Å². The van der Waals surface area contributed by atoms with Crippen molar-refractivity contribution < 1.29 is 36.2 Å². The molecule has 0 heterocycles. The highest BCUT2D eigenvalue weighted by Crippen LogP contribution is 2.56. The van der Waals surface area contributed by atoms with Gasteiger partial charge in [0.05, 0.1) is 0 Å². The average Bonchev–Trinajstić information content (AvgIpc) is 2.68. The zero-order chi connectivity index (χ0) is 22.0. The van der Waals surface area contributed by atoms with Gasteiger partial charge in [-0.2, -0.15) is 26.3 Å². The molecule has 2 nitrogen and oxygen atoms in total. The van der Waals surface area contributed by atoms with Crippen LogP contribution in [0.4, 0.5) is 26.3 Å². The first-order valence-electron chi connectivity index (χ1n) is 8.76. The molecule has 0 unspecified atom stereocenters. The lowest BCUT2D eigenvalue weighted by Gasteiger charge is -2.38. The van der Waals surface area contributed by atoms with Crippen molar-refractivity contribution in [3.05, 3.63) is 95.6 Å². The molecule has 0 aromatic heterocycles. The standard InChI is InChI=1S/C22H16F6O2/c23-21(24,25)20(22(26,27)28,16-6-10-18(29)11-7-16)17-8-12-19(13-9-17)30-14-15-4-2-1-3-5-15/h1-13,29H,14H2. The van der Waals surface area contributed by atoms with Crippen molar-refractivity contribution in [1.29, 1.82) is 0 Å². The van der Waals surface area contributed by atoms with Crippen LogP contribution < -0.4 is 4.74 Å². The van der Waals surface area contributed by atoms with Gasteiger partial charge in [-0.1, -0.05) is 54.6 Å². The zero-order valence-corrected chi connectivity index (χ0v) is 15.3. The van der Waals surface area contributed by atoms with Crippen LogP contribution in [0.1, 0.15) is 16.7 Å². The van der Waals surface area contributed by atoms with Crippen molar-refractivity contribution in [1.82, 2.24) is 0 Å². The number of hydrogen-bond donors (Lipinski definition) is 1. The number of alkyl halides is 6. The molecule has 3 aromatic carbocycles. The summed E-state index contributed by atoms with van der Waals surface area (Å²) in [5.74, 6) is -0.312. The number of phenols is 1. The summed E-state index contributed by atoms with van der Waals surface area (Å²) >= 11 is 0. The number of rotatable bonds is 5. The third kappa shape index (κ3) is 3.94. The highest BCUT2D eigenvalue weighted by molar-refractivity contribution is 5.47. The summed E-state index contributed by atoms with van der Waals surface area (Å²) < 4.78 is 89.5. The Morgan fingerprint density at radius 3 is 1.57 bits per heavy atom. The molecule has 3 aromatic rings. The van der Waals surface area contributed by atoms with E-state index in [0.29, 0.717) is 12.1 Å². The van der Waals surface area contributed by atoms with Crippen LogP contribution in [0.3, 0.4) is 0 Å². The van der Waals surface area contributed by atoms with E-state index in [4.69, 9.17) is 4.74 Å². The van der Waals surface area contributed by atoms with Crippen molar-refractivity contribution >= 4 is 0 Å². The minimum atomic E-state index is -5.69. The Balaban J connectivity index is 2.02. The maximum Gasteiger partial charge on any atom is 0.411 e. The van der Waals surface area contributed by atoms with Crippen molar-refractivity contribution in [2.24, 2.45) is 0 Å². The highest BCUT2D eigenvalue weighted by atomic mass is 19.4. The van der Waals surface area contributed by atoms with Gasteiger partial charge in [0.1, 0.15) is 18.1 Å². The van der Waals surface area contributed by atoms with Crippen LogP contribution >= 0.6 is 0 Å². The molecule has 0 spiro atoms. The average molecular weight is 426 g/mol. The lowest BCUT2D eigenvalue weighted by Crippen LogP contribution is -2.54. The van der Waals surface area contributed by atoms with Crippen LogP contribution in [0, 0.1) is 0 Å². The fraction of sp³-hybridized carbons (Fsp3) is 0.182. The molecular formula is C22H16F6O2. The number of hydrogen-bond acceptors (Lipinski definition) is 2. The predicted molar refractivity (Wildman–Crippen MR) is 98.2 cm³/mol. The molecule has 0 saturated heterocycles. The second-order valence-electron chi connectivity index (χ2n) is 6.59. The van der Waals surface area contributed by atoms with Gasteiger partial charge in [0, 0.05) is 0 Å². The van der Waals surface area contributed by atoms with E-state index in [2.05, 4.69) is 0 Å². The maximum absolute atomic E-state index is 14.0. The molecule has 0 aliphatic heterocycles. The Labute approximate surface area is 168 Å². The summed E-state index contributed by atoms with van der Waals surface area (Å²) in [5.41, 5.74) is -5.50. The number of aromatic hydroxyl groups is 1. The lowest BCUT2D eigenvalue weighted by molar-refractivity contribution is -0.288. The van der Waals surface area contributed by atoms with E-state index in [1.807, 2.05) is 0 Å². The van der Waals surface area contributed by atoms with Crippen molar-refractivity contribution in [2.45, 2.75) is 24.4 Å². The molecule has 1 N–H and O–H groups in total. The summed E-state index contributed by atoms with van der Waals surface area (Å²) in [6.45, 7) is 0.113. The zero-order valence-electron chi connectivity index (χ0n) is 15.3. The Bertz CT molecular complexity index is 948. The Morgan fingerprint density at radius 1 is 0.633 bits per heavy atom. The van der Waals surface area contributed by atoms with Gasteiger partial charge >= 0.3 is 12.4 Å². The van der Waals surface area contributed by atoms with Gasteiger partial charge in [-0.05, 0) is 41.0 Å². The third-order valence-electron chi connectivity index (χ3n) is 4.69. The van der Waals surface area contributed by atoms with E-state index < -0.39 is 34.6 Å². The summed E-state index contributed by atoms with van der Waals surface area (Å²) in [5, 5.41) is 9.31. The Kier molecular flexibility index (Phi) is 5.70. The molecule has 8 heteroatoms. The van der Waals surface area contributed by atoms with Gasteiger partial charge in [0.25, 0.3) is 0 Å². The SMILES string of the molecule is Oc1ccc(C(c2ccc(OCc3ccccc3)cc2)(C(F)(F)F)C(F)(F)F)cc1. The predicted octanol–water partition coefficient (Wildman–Crippen LogP) is 6.38. The number of phenolic OH excluding ortho intramolecular Hbond substituents is 1. The summed E-state index contributed by atoms with van der Waals surface area (Å²) in [6.07, 6.45) is -11.4. The normalized spacial score (nSPS) is 12.6. The van der Waals surface area contributed by atoms with Gasteiger partial charge in [-0.15, -0.1) is 0 Å². The number of halogens is 6. The molecule has 0 atom stereocenters. The van der Waals surface area contributed by atoms with Gasteiger partial charge in [-0.3, -0.25) is 0 Å². The van der Waals surface area contributed by atoms with Crippen LogP contribution in [-0.4, -0.2) is 17.5 Å². The quantitative estimate of drug-likeness (QED) is 0.480. The van der Waals surface area contributed by atoms with Crippen LogP contribution in [0.2, 0.25) is 0 Å². The summed E-state index contributed by atoms with van der Waals surface area (Å²) in [6, 6.07) is 15.4. The largest absolute Gasteiger partial charge is 0.508 e. The van der Waals surface area contributed by atoms with E-state index in [1.54, 1.807) is 30.3 Å². The fourth-order valence-corrected chi connectivity index (χ4v) is 3.24. The lowest BCUT2D eigenvalue weighted by atomic mass is 9.73. The van der Waals surface area contributed by atoms with Gasteiger partial charge < -0.3 is 9.84 Å². The molecule has 0 amide bonds. The van der Waals surface area contributed by atoms with Crippen molar-refractivity contribution in [3.63, 3.8) is 0 Å². The van der Waals surface area contributed by atoms with Gasteiger partial charge in [0.2, 0.25) is 5.41 Å². The Hall–Kier alpha value is -3.16. The second kappa shape index (κ2) is 7.93. The highest BCUT2D eigenvalue weighted by Gasteiger charge is 2.72. The molecule has 0 saturated carbocycles. The molecule has 30 heavy (non-hydrogen) atoms. The van der Waals surface area contributed by atoms with Gasteiger partial charge in [0.15, 0.2) is 0 Å². The van der Waals surface area contributed by atoms with E-state index >= 15 is 0 Å². The van der Waals surface area contributed by atoms with Crippen LogP contribution in [0.15, 0.2) is 78.9 Å². The van der Waals surface area contributed by atoms with E-state index in [-0.39, 0.29) is 12.4 Å². The van der Waals surface area contributed by atoms with Crippen LogP contribution in [0.5, 0.6) is 11.5 Å². The summed E-state index contributed by atoms with van der Waals surface area (Å²) in [4.78, 5) is 0. The number of benzene rings is 3. The summed E-state index contributed by atoms with van der Waals surface area (Å²) in [7, 11) is 0. The molecule has 3 rings (SSSR count). The van der Waals surface area contributed by atoms with Crippen molar-refractivity contribution in [3.8, 4) is 11.5 Å². The second-order valence-corrected chi connectivity index (χ2v) is 6.59. The van der Waals surface area contributed by atoms with Gasteiger partial charge in [-0.25, -0.2) is 0 Å². The Morgan fingerprint density at radius 2 is 1.10 bits per heavy atom. The minimum Gasteiger partial charge on any atom is -0.508 e. The third-order valence-corrected chi connectivity index (χ3v) is 4.69. The fourth-order valence-electron chi connectivity index (χ4n) is 3.24. The number of ether oxygens (including phenoxy) is 1. The molecular weight excluding hydrogens is 410 g/mol. The monoisotopic (exact) mass is 426 g/mol. The van der Waals surface area contributed by atoms with Crippen molar-refractivity contribution in [2.75, 3.05) is 0 Å². The smallest absolute Gasteiger partial charge is 0.411 e.